The number of aliphatic hydroxyl groups is 1. The predicted molar refractivity (Wildman–Crippen MR) is 183 cm³/mol. The number of fused-ring (bicyclic) bond motifs is 1. The number of benzene rings is 4. The SMILES string of the molecule is CCCS(=O)(=O)NC(=O)c1ccc2c(Oc3ccc(CCN(Cc4ccccc4)CC(O)COc4ccccc4)cc3)ccnc2c1. The molecular formula is C37H39N3O6S. The molecule has 1 aromatic heterocycles. The molecule has 0 spiro atoms. The predicted octanol–water partition coefficient (Wildman–Crippen LogP) is 5.98. The van der Waals surface area contributed by atoms with Crippen molar-refractivity contribution in [2.24, 2.45) is 0 Å². The molecule has 0 aliphatic rings. The molecule has 47 heavy (non-hydrogen) atoms. The van der Waals surface area contributed by atoms with Crippen molar-refractivity contribution in [3.63, 3.8) is 0 Å². The van der Waals surface area contributed by atoms with Crippen LogP contribution in [0.2, 0.25) is 0 Å². The summed E-state index contributed by atoms with van der Waals surface area (Å²) in [6, 6.07) is 34.1. The molecule has 244 valence electrons. The number of amides is 1. The molecule has 0 aliphatic carbocycles. The van der Waals surface area contributed by atoms with Crippen molar-refractivity contribution >= 4 is 26.8 Å². The van der Waals surface area contributed by atoms with Crippen LogP contribution in [0.4, 0.5) is 0 Å². The molecule has 0 radical (unpaired) electrons. The highest BCUT2D eigenvalue weighted by molar-refractivity contribution is 7.90. The number of pyridine rings is 1. The van der Waals surface area contributed by atoms with Gasteiger partial charge in [0.2, 0.25) is 10.0 Å². The first kappa shape index (κ1) is 33.6. The van der Waals surface area contributed by atoms with Gasteiger partial charge in [0.25, 0.3) is 5.91 Å². The number of aromatic nitrogens is 1. The van der Waals surface area contributed by atoms with E-state index in [1.807, 2.05) is 72.8 Å². The molecule has 1 atom stereocenters. The molecule has 2 N–H and O–H groups in total. The summed E-state index contributed by atoms with van der Waals surface area (Å²) < 4.78 is 38.1. The zero-order chi connectivity index (χ0) is 33.1. The third-order valence-electron chi connectivity index (χ3n) is 7.46. The van der Waals surface area contributed by atoms with Crippen LogP contribution < -0.4 is 14.2 Å². The van der Waals surface area contributed by atoms with Crippen LogP contribution in [0.5, 0.6) is 17.2 Å². The zero-order valence-corrected chi connectivity index (χ0v) is 27.1. The molecular weight excluding hydrogens is 614 g/mol. The van der Waals surface area contributed by atoms with E-state index in [1.54, 1.807) is 37.4 Å². The number of nitrogens with zero attached hydrogens (tertiary/aromatic N) is 2. The Bertz CT molecular complexity index is 1850. The maximum absolute atomic E-state index is 12.5. The van der Waals surface area contributed by atoms with Crippen LogP contribution >= 0.6 is 0 Å². The zero-order valence-electron chi connectivity index (χ0n) is 26.3. The Morgan fingerprint density at radius 1 is 0.894 bits per heavy atom. The summed E-state index contributed by atoms with van der Waals surface area (Å²) in [5.74, 6) is 1.12. The van der Waals surface area contributed by atoms with E-state index in [9.17, 15) is 18.3 Å². The third kappa shape index (κ3) is 10.1. The molecule has 0 saturated carbocycles. The summed E-state index contributed by atoms with van der Waals surface area (Å²) in [7, 11) is -3.69. The number of carbonyl (C=O) groups excluding carboxylic acids is 1. The van der Waals surface area contributed by atoms with Crippen molar-refractivity contribution in [1.29, 1.82) is 0 Å². The van der Waals surface area contributed by atoms with Gasteiger partial charge in [-0.3, -0.25) is 14.7 Å². The number of ether oxygens (including phenoxy) is 2. The van der Waals surface area contributed by atoms with Gasteiger partial charge >= 0.3 is 0 Å². The van der Waals surface area contributed by atoms with Gasteiger partial charge in [0, 0.05) is 36.8 Å². The van der Waals surface area contributed by atoms with E-state index in [2.05, 4.69) is 26.7 Å². The number of rotatable bonds is 16. The molecule has 9 nitrogen and oxygen atoms in total. The first-order valence-corrected chi connectivity index (χ1v) is 17.3. The summed E-state index contributed by atoms with van der Waals surface area (Å²) >= 11 is 0. The number of carbonyl (C=O) groups is 1. The maximum atomic E-state index is 12.5. The van der Waals surface area contributed by atoms with Crippen LogP contribution in [0.3, 0.4) is 0 Å². The van der Waals surface area contributed by atoms with E-state index in [0.29, 0.717) is 41.9 Å². The molecule has 1 amide bonds. The third-order valence-corrected chi connectivity index (χ3v) is 8.90. The second-order valence-electron chi connectivity index (χ2n) is 11.3. The van der Waals surface area contributed by atoms with Crippen molar-refractivity contribution in [2.75, 3.05) is 25.4 Å². The van der Waals surface area contributed by atoms with Gasteiger partial charge in [-0.1, -0.05) is 67.6 Å². The lowest BCUT2D eigenvalue weighted by molar-refractivity contribution is 0.0659. The Labute approximate surface area is 275 Å². The van der Waals surface area contributed by atoms with E-state index in [4.69, 9.17) is 9.47 Å². The largest absolute Gasteiger partial charge is 0.491 e. The molecule has 0 bridgehead atoms. The van der Waals surface area contributed by atoms with Crippen molar-refractivity contribution < 1.29 is 27.8 Å². The monoisotopic (exact) mass is 653 g/mol. The molecule has 0 saturated heterocycles. The Kier molecular flexibility index (Phi) is 11.6. The normalized spacial score (nSPS) is 12.1. The number of hydrogen-bond donors (Lipinski definition) is 2. The fourth-order valence-corrected chi connectivity index (χ4v) is 6.19. The average molecular weight is 654 g/mol. The van der Waals surface area contributed by atoms with E-state index in [0.717, 1.165) is 24.3 Å². The highest BCUT2D eigenvalue weighted by atomic mass is 32.2. The maximum Gasteiger partial charge on any atom is 0.264 e. The van der Waals surface area contributed by atoms with Crippen LogP contribution in [0.25, 0.3) is 10.9 Å². The lowest BCUT2D eigenvalue weighted by atomic mass is 10.1. The van der Waals surface area contributed by atoms with Crippen molar-refractivity contribution in [1.82, 2.24) is 14.6 Å². The summed E-state index contributed by atoms with van der Waals surface area (Å²) in [5, 5.41) is 11.5. The van der Waals surface area contributed by atoms with Gasteiger partial charge in [0.15, 0.2) is 0 Å². The standard InChI is InChI=1S/C37H39N3O6S/c1-2-23-47(43,44)39-37(42)30-15-18-34-35(24-30)38-21-19-36(34)46-33-16-13-28(14-17-33)20-22-40(25-29-9-5-3-6-10-29)26-31(41)27-45-32-11-7-4-8-12-32/h3-19,21,24,31,41H,2,20,22-23,25-27H2,1H3,(H,39,42). The van der Waals surface area contributed by atoms with Crippen molar-refractivity contribution in [3.05, 3.63) is 132 Å². The topological polar surface area (TPSA) is 118 Å². The number of hydrogen-bond acceptors (Lipinski definition) is 8. The van der Waals surface area contributed by atoms with Crippen LogP contribution in [0, 0.1) is 0 Å². The number of para-hydroxylation sites is 1. The quantitative estimate of drug-likeness (QED) is 0.134. The number of sulfonamides is 1. The van der Waals surface area contributed by atoms with Gasteiger partial charge in [0.1, 0.15) is 30.0 Å². The Hall–Kier alpha value is -4.77. The molecule has 0 aliphatic heterocycles. The lowest BCUT2D eigenvalue weighted by Gasteiger charge is -2.25. The van der Waals surface area contributed by atoms with E-state index in [-0.39, 0.29) is 17.9 Å². The Balaban J connectivity index is 1.20. The minimum absolute atomic E-state index is 0.124. The van der Waals surface area contributed by atoms with Gasteiger partial charge in [-0.2, -0.15) is 0 Å². The number of nitrogens with one attached hydrogen (secondary N) is 1. The van der Waals surface area contributed by atoms with Gasteiger partial charge in [-0.15, -0.1) is 0 Å². The fraction of sp³-hybridized carbons (Fsp3) is 0.243. The summed E-state index contributed by atoms with van der Waals surface area (Å²) in [5.41, 5.74) is 3.00. The molecule has 5 rings (SSSR count). The van der Waals surface area contributed by atoms with E-state index in [1.165, 1.54) is 5.56 Å². The van der Waals surface area contributed by atoms with Crippen LogP contribution in [-0.2, 0) is 23.0 Å². The number of aliphatic hydroxyl groups excluding tert-OH is 1. The molecule has 0 fully saturated rings. The Morgan fingerprint density at radius 3 is 2.34 bits per heavy atom. The van der Waals surface area contributed by atoms with Crippen LogP contribution in [0.15, 0.2) is 115 Å². The minimum atomic E-state index is -3.69. The first-order chi connectivity index (χ1) is 22.8. The summed E-state index contributed by atoms with van der Waals surface area (Å²) in [6.07, 6.45) is 2.12. The highest BCUT2D eigenvalue weighted by Gasteiger charge is 2.17. The second-order valence-corrected chi connectivity index (χ2v) is 13.1. The van der Waals surface area contributed by atoms with E-state index >= 15 is 0 Å². The van der Waals surface area contributed by atoms with Gasteiger partial charge < -0.3 is 14.6 Å². The Morgan fingerprint density at radius 2 is 1.62 bits per heavy atom. The minimum Gasteiger partial charge on any atom is -0.491 e. The molecule has 5 aromatic rings. The van der Waals surface area contributed by atoms with Crippen LogP contribution in [0.1, 0.15) is 34.8 Å². The second kappa shape index (κ2) is 16.2. The first-order valence-electron chi connectivity index (χ1n) is 15.6. The highest BCUT2D eigenvalue weighted by Crippen LogP contribution is 2.29. The molecule has 4 aromatic carbocycles. The van der Waals surface area contributed by atoms with E-state index < -0.39 is 22.0 Å². The molecule has 1 unspecified atom stereocenters. The molecule has 10 heteroatoms. The fourth-order valence-electron chi connectivity index (χ4n) is 5.15. The van der Waals surface area contributed by atoms with Gasteiger partial charge in [-0.25, -0.2) is 13.1 Å². The molecule has 1 heterocycles. The van der Waals surface area contributed by atoms with Crippen LogP contribution in [-0.4, -0.2) is 60.9 Å². The van der Waals surface area contributed by atoms with Gasteiger partial charge in [-0.05, 0) is 72.5 Å². The summed E-state index contributed by atoms with van der Waals surface area (Å²) in [4.78, 5) is 19.1. The average Bonchev–Trinajstić information content (AvgIpc) is 3.07. The van der Waals surface area contributed by atoms with Crippen molar-refractivity contribution in [3.8, 4) is 17.2 Å². The summed E-state index contributed by atoms with van der Waals surface area (Å²) in [6.45, 7) is 3.85. The van der Waals surface area contributed by atoms with Gasteiger partial charge in [0.05, 0.1) is 11.3 Å². The van der Waals surface area contributed by atoms with Crippen molar-refractivity contribution in [2.45, 2.75) is 32.4 Å². The smallest absolute Gasteiger partial charge is 0.264 e. The lowest BCUT2D eigenvalue weighted by Crippen LogP contribution is -2.36.